The molecule has 1 aromatic rings. The van der Waals surface area contributed by atoms with Crippen molar-refractivity contribution in [2.45, 2.75) is 26.4 Å². The van der Waals surface area contributed by atoms with Crippen molar-refractivity contribution >= 4 is 12.0 Å². The highest BCUT2D eigenvalue weighted by Crippen LogP contribution is 2.04. The number of rotatable bonds is 7. The van der Waals surface area contributed by atoms with Gasteiger partial charge in [-0.25, -0.2) is 9.59 Å². The zero-order valence-corrected chi connectivity index (χ0v) is 12.7. The van der Waals surface area contributed by atoms with Crippen LogP contribution in [0.3, 0.4) is 0 Å². The summed E-state index contributed by atoms with van der Waals surface area (Å²) in [6.45, 7) is 5.83. The fourth-order valence-electron chi connectivity index (χ4n) is 1.66. The molecule has 0 bridgehead atoms. The average Bonchev–Trinajstić information content (AvgIpc) is 2.45. The summed E-state index contributed by atoms with van der Waals surface area (Å²) >= 11 is 0. The summed E-state index contributed by atoms with van der Waals surface area (Å²) in [6, 6.07) is 6.69. The summed E-state index contributed by atoms with van der Waals surface area (Å²) in [5.74, 6) is -0.974. The summed E-state index contributed by atoms with van der Waals surface area (Å²) in [6.07, 6.45) is 0. The summed E-state index contributed by atoms with van der Waals surface area (Å²) in [4.78, 5) is 24.6. The van der Waals surface area contributed by atoms with Crippen LogP contribution in [0.2, 0.25) is 0 Å². The maximum Gasteiger partial charge on any atom is 0.335 e. The fraction of sp³-hybridized carbons (Fsp3) is 0.467. The van der Waals surface area contributed by atoms with Crippen LogP contribution in [0.1, 0.15) is 29.8 Å². The molecule has 0 aliphatic heterocycles. The lowest BCUT2D eigenvalue weighted by Gasteiger charge is -2.20. The van der Waals surface area contributed by atoms with Crippen molar-refractivity contribution in [3.05, 3.63) is 35.4 Å². The Balaban J connectivity index is 2.33. The molecule has 0 aliphatic carbocycles. The molecule has 0 aromatic heterocycles. The van der Waals surface area contributed by atoms with Crippen molar-refractivity contribution < 1.29 is 14.7 Å². The molecule has 0 aliphatic rings. The van der Waals surface area contributed by atoms with Crippen LogP contribution in [0, 0.1) is 0 Å². The molecule has 1 aromatic carbocycles. The van der Waals surface area contributed by atoms with Gasteiger partial charge in [0.2, 0.25) is 0 Å². The molecule has 1 rings (SSSR count). The number of nitrogens with zero attached hydrogens (tertiary/aromatic N) is 1. The molecular formula is C15H23N3O3. The number of carbonyl (C=O) groups is 2. The van der Waals surface area contributed by atoms with Crippen molar-refractivity contribution in [1.29, 1.82) is 0 Å². The van der Waals surface area contributed by atoms with Crippen LogP contribution in [0.5, 0.6) is 0 Å². The maximum absolute atomic E-state index is 11.6. The fourth-order valence-corrected chi connectivity index (χ4v) is 1.66. The predicted molar refractivity (Wildman–Crippen MR) is 81.4 cm³/mol. The van der Waals surface area contributed by atoms with Gasteiger partial charge in [-0.15, -0.1) is 0 Å². The van der Waals surface area contributed by atoms with Crippen molar-refractivity contribution in [3.8, 4) is 0 Å². The Labute approximate surface area is 125 Å². The van der Waals surface area contributed by atoms with Crippen LogP contribution >= 0.6 is 0 Å². The topological polar surface area (TPSA) is 81.7 Å². The lowest BCUT2D eigenvalue weighted by atomic mass is 10.1. The molecule has 0 saturated heterocycles. The van der Waals surface area contributed by atoms with E-state index in [0.29, 0.717) is 19.1 Å². The van der Waals surface area contributed by atoms with Gasteiger partial charge < -0.3 is 20.6 Å². The number of benzene rings is 1. The number of nitrogens with one attached hydrogen (secondary N) is 2. The average molecular weight is 293 g/mol. The van der Waals surface area contributed by atoms with E-state index in [-0.39, 0.29) is 11.6 Å². The molecule has 116 valence electrons. The Kier molecular flexibility index (Phi) is 6.68. The first-order valence-corrected chi connectivity index (χ1v) is 6.94. The Morgan fingerprint density at radius 2 is 2.00 bits per heavy atom. The second kappa shape index (κ2) is 8.26. The smallest absolute Gasteiger partial charge is 0.335 e. The molecule has 0 atom stereocenters. The molecular weight excluding hydrogens is 270 g/mol. The molecule has 0 spiro atoms. The second-order valence-corrected chi connectivity index (χ2v) is 5.19. The van der Waals surface area contributed by atoms with Crippen LogP contribution in [0.15, 0.2) is 24.3 Å². The van der Waals surface area contributed by atoms with Gasteiger partial charge >= 0.3 is 12.0 Å². The summed E-state index contributed by atoms with van der Waals surface area (Å²) < 4.78 is 0. The van der Waals surface area contributed by atoms with Gasteiger partial charge in [-0.1, -0.05) is 12.1 Å². The van der Waals surface area contributed by atoms with Gasteiger partial charge in [0.1, 0.15) is 0 Å². The SMILES string of the molecule is CC(C)N(C)CCNC(=O)NCc1cccc(C(=O)O)c1. The minimum absolute atomic E-state index is 0.216. The number of carbonyl (C=O) groups excluding carboxylic acids is 1. The Morgan fingerprint density at radius 3 is 2.62 bits per heavy atom. The van der Waals surface area contributed by atoms with Gasteiger partial charge in [-0.2, -0.15) is 0 Å². The Hall–Kier alpha value is -2.08. The number of hydrogen-bond donors (Lipinski definition) is 3. The van der Waals surface area contributed by atoms with Crippen LogP contribution in [-0.4, -0.2) is 48.2 Å². The molecule has 6 nitrogen and oxygen atoms in total. The number of amides is 2. The second-order valence-electron chi connectivity index (χ2n) is 5.19. The lowest BCUT2D eigenvalue weighted by molar-refractivity contribution is 0.0696. The third-order valence-electron chi connectivity index (χ3n) is 3.26. The molecule has 0 saturated carbocycles. The van der Waals surface area contributed by atoms with E-state index >= 15 is 0 Å². The number of likely N-dealkylation sites (N-methyl/N-ethyl adjacent to an activating group) is 1. The molecule has 21 heavy (non-hydrogen) atoms. The van der Waals surface area contributed by atoms with E-state index in [1.54, 1.807) is 18.2 Å². The van der Waals surface area contributed by atoms with Gasteiger partial charge in [-0.05, 0) is 38.6 Å². The summed E-state index contributed by atoms with van der Waals surface area (Å²) in [5, 5.41) is 14.4. The normalized spacial score (nSPS) is 10.7. The third-order valence-corrected chi connectivity index (χ3v) is 3.26. The molecule has 6 heteroatoms. The van der Waals surface area contributed by atoms with E-state index in [0.717, 1.165) is 12.1 Å². The number of aromatic carboxylic acids is 1. The number of carboxylic acid groups (broad SMARTS) is 1. The lowest BCUT2D eigenvalue weighted by Crippen LogP contribution is -2.40. The first kappa shape index (κ1) is 17.0. The molecule has 0 unspecified atom stereocenters. The van der Waals surface area contributed by atoms with Crippen LogP contribution in [0.25, 0.3) is 0 Å². The zero-order valence-electron chi connectivity index (χ0n) is 12.7. The Morgan fingerprint density at radius 1 is 1.29 bits per heavy atom. The van der Waals surface area contributed by atoms with E-state index in [1.165, 1.54) is 6.07 Å². The highest BCUT2D eigenvalue weighted by molar-refractivity contribution is 5.87. The van der Waals surface area contributed by atoms with Gasteiger partial charge in [-0.3, -0.25) is 0 Å². The van der Waals surface area contributed by atoms with Crippen molar-refractivity contribution in [3.63, 3.8) is 0 Å². The highest BCUT2D eigenvalue weighted by atomic mass is 16.4. The van der Waals surface area contributed by atoms with E-state index in [4.69, 9.17) is 5.11 Å². The largest absolute Gasteiger partial charge is 0.478 e. The van der Waals surface area contributed by atoms with E-state index in [9.17, 15) is 9.59 Å². The predicted octanol–water partition coefficient (Wildman–Crippen LogP) is 1.52. The Bertz CT molecular complexity index is 489. The van der Waals surface area contributed by atoms with Gasteiger partial charge in [0.15, 0.2) is 0 Å². The molecule has 0 radical (unpaired) electrons. The first-order chi connectivity index (χ1) is 9.90. The third kappa shape index (κ3) is 6.27. The summed E-state index contributed by atoms with van der Waals surface area (Å²) in [7, 11) is 2.00. The number of hydrogen-bond acceptors (Lipinski definition) is 3. The quantitative estimate of drug-likeness (QED) is 0.712. The number of carboxylic acids is 1. The number of urea groups is 1. The van der Waals surface area contributed by atoms with Gasteiger partial charge in [0.05, 0.1) is 5.56 Å². The van der Waals surface area contributed by atoms with Crippen LogP contribution in [0.4, 0.5) is 4.79 Å². The van der Waals surface area contributed by atoms with E-state index < -0.39 is 5.97 Å². The van der Waals surface area contributed by atoms with Crippen molar-refractivity contribution in [2.24, 2.45) is 0 Å². The maximum atomic E-state index is 11.6. The first-order valence-electron chi connectivity index (χ1n) is 6.94. The highest BCUT2D eigenvalue weighted by Gasteiger charge is 2.06. The molecule has 0 fully saturated rings. The monoisotopic (exact) mass is 293 g/mol. The molecule has 3 N–H and O–H groups in total. The van der Waals surface area contributed by atoms with Crippen molar-refractivity contribution in [2.75, 3.05) is 20.1 Å². The van der Waals surface area contributed by atoms with Gasteiger partial charge in [0, 0.05) is 25.7 Å². The van der Waals surface area contributed by atoms with Crippen molar-refractivity contribution in [1.82, 2.24) is 15.5 Å². The zero-order chi connectivity index (χ0) is 15.8. The van der Waals surface area contributed by atoms with E-state index in [2.05, 4.69) is 29.4 Å². The minimum Gasteiger partial charge on any atom is -0.478 e. The van der Waals surface area contributed by atoms with Gasteiger partial charge in [0.25, 0.3) is 0 Å². The molecule has 2 amide bonds. The summed E-state index contributed by atoms with van der Waals surface area (Å²) in [5.41, 5.74) is 0.970. The standard InChI is InChI=1S/C15H23N3O3/c1-11(2)18(3)8-7-16-15(21)17-10-12-5-4-6-13(9-12)14(19)20/h4-6,9,11H,7-8,10H2,1-3H3,(H,19,20)(H2,16,17,21). The molecule has 0 heterocycles. The minimum atomic E-state index is -0.974. The van der Waals surface area contributed by atoms with Crippen LogP contribution in [-0.2, 0) is 6.54 Å². The van der Waals surface area contributed by atoms with Crippen LogP contribution < -0.4 is 10.6 Å². The van der Waals surface area contributed by atoms with E-state index in [1.807, 2.05) is 7.05 Å².